The van der Waals surface area contributed by atoms with Gasteiger partial charge in [-0.25, -0.2) is 0 Å². The summed E-state index contributed by atoms with van der Waals surface area (Å²) >= 11 is 0. The standard InChI is InChI=1S/C31H52/c1-11-31(10,23-21-29-27(6)18-19-28(7)30(29,8)9)22-20-26(5)17-13-16-25(4)15-12-14-24(2)3/h11,14,16,20,22,26,28-29H,1,6,12-13,15,17-19,21,23H2,2-5,7-10H3. The van der Waals surface area contributed by atoms with Crippen LogP contribution in [0.2, 0.25) is 0 Å². The third-order valence-electron chi connectivity index (χ3n) is 8.01. The van der Waals surface area contributed by atoms with E-state index < -0.39 is 0 Å². The second-order valence-electron chi connectivity index (χ2n) is 11.5. The van der Waals surface area contributed by atoms with Crippen molar-refractivity contribution in [3.8, 4) is 0 Å². The van der Waals surface area contributed by atoms with Crippen molar-refractivity contribution in [1.82, 2.24) is 0 Å². The van der Waals surface area contributed by atoms with Gasteiger partial charge in [0.05, 0.1) is 0 Å². The molecule has 1 aliphatic rings. The molecule has 0 aromatic rings. The van der Waals surface area contributed by atoms with Crippen molar-refractivity contribution in [3.63, 3.8) is 0 Å². The van der Waals surface area contributed by atoms with E-state index in [1.54, 1.807) is 0 Å². The molecule has 0 aromatic carbocycles. The molecule has 1 saturated carbocycles. The zero-order valence-corrected chi connectivity index (χ0v) is 22.2. The number of hydrogen-bond donors (Lipinski definition) is 0. The predicted molar refractivity (Wildman–Crippen MR) is 142 cm³/mol. The fraction of sp³-hybridized carbons (Fsp3) is 0.677. The van der Waals surface area contributed by atoms with Gasteiger partial charge in [0.15, 0.2) is 0 Å². The van der Waals surface area contributed by atoms with Crippen LogP contribution in [-0.4, -0.2) is 0 Å². The minimum atomic E-state index is 0.0708. The molecule has 1 aliphatic carbocycles. The van der Waals surface area contributed by atoms with Gasteiger partial charge in [-0.2, -0.15) is 0 Å². The molecule has 0 amide bonds. The van der Waals surface area contributed by atoms with Crippen molar-refractivity contribution < 1.29 is 0 Å². The zero-order chi connectivity index (χ0) is 23.7. The van der Waals surface area contributed by atoms with E-state index in [2.05, 4.69) is 98.9 Å². The topological polar surface area (TPSA) is 0 Å². The first kappa shape index (κ1) is 27.7. The quantitative estimate of drug-likeness (QED) is 0.273. The molecule has 0 N–H and O–H groups in total. The van der Waals surface area contributed by atoms with Crippen molar-refractivity contribution in [2.24, 2.45) is 28.6 Å². The summed E-state index contributed by atoms with van der Waals surface area (Å²) in [5.74, 6) is 2.00. The van der Waals surface area contributed by atoms with Crippen LogP contribution < -0.4 is 0 Å². The van der Waals surface area contributed by atoms with Crippen LogP contribution in [0.4, 0.5) is 0 Å². The van der Waals surface area contributed by atoms with E-state index >= 15 is 0 Å². The summed E-state index contributed by atoms with van der Waals surface area (Å²) < 4.78 is 0. The van der Waals surface area contributed by atoms with E-state index in [-0.39, 0.29) is 5.41 Å². The predicted octanol–water partition coefficient (Wildman–Crippen LogP) is 10.3. The fourth-order valence-electron chi connectivity index (χ4n) is 4.87. The van der Waals surface area contributed by atoms with Crippen LogP contribution in [0, 0.1) is 28.6 Å². The van der Waals surface area contributed by atoms with Gasteiger partial charge in [-0.1, -0.05) is 88.3 Å². The Morgan fingerprint density at radius 2 is 1.87 bits per heavy atom. The summed E-state index contributed by atoms with van der Waals surface area (Å²) in [4.78, 5) is 0. The molecule has 1 fully saturated rings. The first-order valence-corrected chi connectivity index (χ1v) is 12.7. The summed E-state index contributed by atoms with van der Waals surface area (Å²) in [7, 11) is 0. The van der Waals surface area contributed by atoms with Gasteiger partial charge in [-0.3, -0.25) is 0 Å². The molecule has 4 atom stereocenters. The summed E-state index contributed by atoms with van der Waals surface area (Å²) in [6, 6.07) is 0. The van der Waals surface area contributed by atoms with Gasteiger partial charge in [0.2, 0.25) is 0 Å². The largest absolute Gasteiger partial charge is 0.102 e. The third kappa shape index (κ3) is 9.38. The van der Waals surface area contributed by atoms with Crippen LogP contribution in [-0.2, 0) is 0 Å². The summed E-state index contributed by atoms with van der Waals surface area (Å²) in [6.45, 7) is 27.3. The summed E-state index contributed by atoms with van der Waals surface area (Å²) in [5, 5.41) is 0. The molecule has 0 heteroatoms. The molecule has 0 radical (unpaired) electrons. The SMILES string of the molecule is C=CC(C)(C=CC(C)CCC=C(C)CCC=C(C)C)CCC1C(=C)CCC(C)C1(C)C. The van der Waals surface area contributed by atoms with Crippen LogP contribution in [0.15, 0.2) is 60.3 Å². The normalized spacial score (nSPS) is 24.6. The van der Waals surface area contributed by atoms with Crippen LogP contribution in [0.25, 0.3) is 0 Å². The molecule has 0 nitrogen and oxygen atoms in total. The van der Waals surface area contributed by atoms with Gasteiger partial charge >= 0.3 is 0 Å². The Balaban J connectivity index is 2.58. The zero-order valence-electron chi connectivity index (χ0n) is 22.2. The van der Waals surface area contributed by atoms with Crippen molar-refractivity contribution in [2.45, 2.75) is 107 Å². The highest BCUT2D eigenvalue weighted by Gasteiger charge is 2.40. The molecule has 0 aliphatic heterocycles. The number of rotatable bonds is 12. The fourth-order valence-corrected chi connectivity index (χ4v) is 4.87. The first-order chi connectivity index (χ1) is 14.4. The Kier molecular flexibility index (Phi) is 11.3. The molecule has 0 heterocycles. The minimum Gasteiger partial charge on any atom is -0.102 e. The van der Waals surface area contributed by atoms with Gasteiger partial charge in [0.1, 0.15) is 0 Å². The Morgan fingerprint density at radius 1 is 1.19 bits per heavy atom. The highest BCUT2D eigenvalue weighted by molar-refractivity contribution is 5.14. The smallest absolute Gasteiger partial charge is 0.00303 e. The molecule has 176 valence electrons. The maximum atomic E-state index is 4.45. The Labute approximate surface area is 195 Å². The van der Waals surface area contributed by atoms with E-state index in [0.717, 1.165) is 12.3 Å². The molecular weight excluding hydrogens is 372 g/mol. The van der Waals surface area contributed by atoms with Crippen LogP contribution in [0.5, 0.6) is 0 Å². The Bertz CT molecular complexity index is 664. The molecule has 0 saturated heterocycles. The van der Waals surface area contributed by atoms with E-state index in [1.165, 1.54) is 61.7 Å². The molecule has 0 aromatic heterocycles. The third-order valence-corrected chi connectivity index (χ3v) is 8.01. The van der Waals surface area contributed by atoms with Gasteiger partial charge < -0.3 is 0 Å². The molecule has 4 unspecified atom stereocenters. The Morgan fingerprint density at radius 3 is 2.48 bits per heavy atom. The molecule has 0 spiro atoms. The minimum absolute atomic E-state index is 0.0708. The van der Waals surface area contributed by atoms with Gasteiger partial charge in [-0.15, -0.1) is 6.58 Å². The average Bonchev–Trinajstić information content (AvgIpc) is 2.69. The van der Waals surface area contributed by atoms with Crippen molar-refractivity contribution in [2.75, 3.05) is 0 Å². The lowest BCUT2D eigenvalue weighted by Crippen LogP contribution is -2.36. The van der Waals surface area contributed by atoms with Crippen molar-refractivity contribution in [1.29, 1.82) is 0 Å². The maximum Gasteiger partial charge on any atom is 0.00303 e. The van der Waals surface area contributed by atoms with E-state index in [4.69, 9.17) is 0 Å². The van der Waals surface area contributed by atoms with Crippen LogP contribution in [0.3, 0.4) is 0 Å². The summed E-state index contributed by atoms with van der Waals surface area (Å²) in [6.07, 6.45) is 21.4. The van der Waals surface area contributed by atoms with E-state index in [9.17, 15) is 0 Å². The van der Waals surface area contributed by atoms with Crippen LogP contribution in [0.1, 0.15) is 107 Å². The van der Waals surface area contributed by atoms with Gasteiger partial charge in [0.25, 0.3) is 0 Å². The second-order valence-corrected chi connectivity index (χ2v) is 11.5. The lowest BCUT2D eigenvalue weighted by Gasteiger charge is -2.46. The highest BCUT2D eigenvalue weighted by Crippen LogP contribution is 2.50. The van der Waals surface area contributed by atoms with Gasteiger partial charge in [-0.05, 0) is 95.3 Å². The van der Waals surface area contributed by atoms with Crippen molar-refractivity contribution >= 4 is 0 Å². The monoisotopic (exact) mass is 424 g/mol. The van der Waals surface area contributed by atoms with E-state index in [0.29, 0.717) is 17.3 Å². The Hall–Kier alpha value is -1.30. The molecule has 31 heavy (non-hydrogen) atoms. The summed E-state index contributed by atoms with van der Waals surface area (Å²) in [5.41, 5.74) is 4.83. The second kappa shape index (κ2) is 12.7. The average molecular weight is 425 g/mol. The lowest BCUT2D eigenvalue weighted by atomic mass is 9.59. The molecule has 1 rings (SSSR count). The highest BCUT2D eigenvalue weighted by atomic mass is 14.4. The van der Waals surface area contributed by atoms with E-state index in [1.807, 2.05) is 0 Å². The number of hydrogen-bond acceptors (Lipinski definition) is 0. The van der Waals surface area contributed by atoms with Crippen molar-refractivity contribution in [3.05, 3.63) is 60.3 Å². The molecular formula is C31H52. The number of allylic oxidation sites excluding steroid dienone is 8. The maximum absolute atomic E-state index is 4.45. The van der Waals surface area contributed by atoms with Gasteiger partial charge in [0, 0.05) is 5.41 Å². The lowest BCUT2D eigenvalue weighted by molar-refractivity contribution is 0.100. The van der Waals surface area contributed by atoms with Crippen LogP contribution >= 0.6 is 0 Å². The first-order valence-electron chi connectivity index (χ1n) is 12.7. The molecule has 0 bridgehead atoms.